The first-order valence-corrected chi connectivity index (χ1v) is 6.83. The van der Waals surface area contributed by atoms with Gasteiger partial charge in [0.2, 0.25) is 0 Å². The molecule has 0 unspecified atom stereocenters. The van der Waals surface area contributed by atoms with Gasteiger partial charge in [0.15, 0.2) is 0 Å². The molecule has 0 bridgehead atoms. The van der Waals surface area contributed by atoms with Crippen molar-refractivity contribution in [1.29, 1.82) is 0 Å². The Hall–Kier alpha value is -2.62. The van der Waals surface area contributed by atoms with Gasteiger partial charge in [-0.2, -0.15) is 0 Å². The fraction of sp³-hybridized carbons (Fsp3) is 0.118. The van der Waals surface area contributed by atoms with Gasteiger partial charge in [0.1, 0.15) is 5.82 Å². The fourth-order valence-corrected chi connectivity index (χ4v) is 2.35. The number of carbonyl (C=O) groups excluding carboxylic acids is 1. The fourth-order valence-electron chi connectivity index (χ4n) is 2.35. The lowest BCUT2D eigenvalue weighted by atomic mass is 10.1. The van der Waals surface area contributed by atoms with Crippen molar-refractivity contribution in [3.63, 3.8) is 0 Å². The molecule has 2 aromatic carbocycles. The maximum absolute atomic E-state index is 13.1. The Morgan fingerprint density at radius 2 is 1.95 bits per heavy atom. The van der Waals surface area contributed by atoms with Crippen LogP contribution in [0.15, 0.2) is 54.7 Å². The van der Waals surface area contributed by atoms with Crippen molar-refractivity contribution in [3.05, 3.63) is 71.7 Å². The van der Waals surface area contributed by atoms with E-state index >= 15 is 0 Å². The standard InChI is InChI=1S/C17H15FN2O/c18-13-6-7-14-15(11-20-16(14)10-13)17(21)19-9-8-12-4-2-1-3-5-12/h1-7,10-11,20H,8-9H2,(H,19,21). The number of nitrogens with one attached hydrogen (secondary N) is 2. The quantitative estimate of drug-likeness (QED) is 0.758. The van der Waals surface area contributed by atoms with Crippen LogP contribution in [0, 0.1) is 5.82 Å². The third kappa shape index (κ3) is 2.94. The molecule has 106 valence electrons. The first kappa shape index (κ1) is 13.4. The number of rotatable bonds is 4. The van der Waals surface area contributed by atoms with E-state index in [1.165, 1.54) is 17.7 Å². The predicted octanol–water partition coefficient (Wildman–Crippen LogP) is 3.28. The van der Waals surface area contributed by atoms with Crippen molar-refractivity contribution in [2.24, 2.45) is 0 Å². The Labute approximate surface area is 121 Å². The summed E-state index contributed by atoms with van der Waals surface area (Å²) in [6.07, 6.45) is 2.39. The SMILES string of the molecule is O=C(NCCc1ccccc1)c1c[nH]c2cc(F)ccc12. The number of carbonyl (C=O) groups is 1. The highest BCUT2D eigenvalue weighted by molar-refractivity contribution is 6.06. The molecular formula is C17H15FN2O. The van der Waals surface area contributed by atoms with Crippen LogP contribution in [0.5, 0.6) is 0 Å². The highest BCUT2D eigenvalue weighted by Gasteiger charge is 2.11. The molecule has 21 heavy (non-hydrogen) atoms. The van der Waals surface area contributed by atoms with E-state index < -0.39 is 0 Å². The van der Waals surface area contributed by atoms with Gasteiger partial charge in [0.25, 0.3) is 5.91 Å². The summed E-state index contributed by atoms with van der Waals surface area (Å²) in [5.74, 6) is -0.468. The molecule has 0 fully saturated rings. The van der Waals surface area contributed by atoms with Crippen LogP contribution < -0.4 is 5.32 Å². The van der Waals surface area contributed by atoms with Crippen LogP contribution in [-0.4, -0.2) is 17.4 Å². The molecule has 3 aromatic rings. The topological polar surface area (TPSA) is 44.9 Å². The molecule has 0 atom stereocenters. The zero-order valence-corrected chi connectivity index (χ0v) is 11.4. The second kappa shape index (κ2) is 5.79. The van der Waals surface area contributed by atoms with Crippen LogP contribution >= 0.6 is 0 Å². The summed E-state index contributed by atoms with van der Waals surface area (Å²) < 4.78 is 13.1. The van der Waals surface area contributed by atoms with Crippen molar-refractivity contribution >= 4 is 16.8 Å². The Kier molecular flexibility index (Phi) is 3.69. The van der Waals surface area contributed by atoms with E-state index in [1.54, 1.807) is 12.3 Å². The van der Waals surface area contributed by atoms with E-state index in [4.69, 9.17) is 0 Å². The average molecular weight is 282 g/mol. The Morgan fingerprint density at radius 1 is 1.14 bits per heavy atom. The molecule has 0 aliphatic heterocycles. The highest BCUT2D eigenvalue weighted by Crippen LogP contribution is 2.19. The van der Waals surface area contributed by atoms with Gasteiger partial charge in [-0.1, -0.05) is 30.3 Å². The molecule has 2 N–H and O–H groups in total. The van der Waals surface area contributed by atoms with Crippen molar-refractivity contribution < 1.29 is 9.18 Å². The monoisotopic (exact) mass is 282 g/mol. The summed E-state index contributed by atoms with van der Waals surface area (Å²) in [5, 5.41) is 3.62. The molecule has 0 aliphatic carbocycles. The van der Waals surface area contributed by atoms with Crippen LogP contribution in [0.3, 0.4) is 0 Å². The Morgan fingerprint density at radius 3 is 2.76 bits per heavy atom. The Balaban J connectivity index is 1.67. The second-order valence-corrected chi connectivity index (χ2v) is 4.88. The summed E-state index contributed by atoms with van der Waals surface area (Å²) >= 11 is 0. The van der Waals surface area contributed by atoms with Crippen LogP contribution in [0.4, 0.5) is 4.39 Å². The van der Waals surface area contributed by atoms with Crippen LogP contribution in [-0.2, 0) is 6.42 Å². The predicted molar refractivity (Wildman–Crippen MR) is 80.7 cm³/mol. The van der Waals surface area contributed by atoms with Gasteiger partial charge in [-0.15, -0.1) is 0 Å². The summed E-state index contributed by atoms with van der Waals surface area (Å²) in [7, 11) is 0. The van der Waals surface area contributed by atoms with Crippen molar-refractivity contribution in [2.45, 2.75) is 6.42 Å². The lowest BCUT2D eigenvalue weighted by molar-refractivity contribution is 0.0956. The lowest BCUT2D eigenvalue weighted by Gasteiger charge is -2.04. The number of halogens is 1. The van der Waals surface area contributed by atoms with Gasteiger partial charge in [-0.05, 0) is 30.2 Å². The molecule has 0 radical (unpaired) electrons. The average Bonchev–Trinajstić information content (AvgIpc) is 2.91. The third-order valence-corrected chi connectivity index (χ3v) is 3.43. The molecule has 0 aliphatic rings. The molecule has 1 aromatic heterocycles. The minimum Gasteiger partial charge on any atom is -0.360 e. The molecule has 3 rings (SSSR count). The van der Waals surface area contributed by atoms with E-state index in [0.717, 1.165) is 11.8 Å². The number of benzene rings is 2. The van der Waals surface area contributed by atoms with Crippen molar-refractivity contribution in [2.75, 3.05) is 6.54 Å². The van der Waals surface area contributed by atoms with Crippen LogP contribution in [0.1, 0.15) is 15.9 Å². The van der Waals surface area contributed by atoms with E-state index in [2.05, 4.69) is 10.3 Å². The lowest BCUT2D eigenvalue weighted by Crippen LogP contribution is -2.25. The molecule has 4 heteroatoms. The maximum atomic E-state index is 13.1. The first-order valence-electron chi connectivity index (χ1n) is 6.83. The summed E-state index contributed by atoms with van der Waals surface area (Å²) in [5.41, 5.74) is 2.35. The number of hydrogen-bond donors (Lipinski definition) is 2. The van der Waals surface area contributed by atoms with Crippen LogP contribution in [0.25, 0.3) is 10.9 Å². The van der Waals surface area contributed by atoms with E-state index in [9.17, 15) is 9.18 Å². The zero-order chi connectivity index (χ0) is 14.7. The van der Waals surface area contributed by atoms with E-state index in [1.807, 2.05) is 30.3 Å². The smallest absolute Gasteiger partial charge is 0.253 e. The minimum atomic E-state index is -0.319. The largest absolute Gasteiger partial charge is 0.360 e. The maximum Gasteiger partial charge on any atom is 0.253 e. The summed E-state index contributed by atoms with van der Waals surface area (Å²) in [6, 6.07) is 14.3. The van der Waals surface area contributed by atoms with Gasteiger partial charge in [-0.3, -0.25) is 4.79 Å². The van der Waals surface area contributed by atoms with Crippen molar-refractivity contribution in [1.82, 2.24) is 10.3 Å². The molecule has 3 nitrogen and oxygen atoms in total. The van der Waals surface area contributed by atoms with Gasteiger partial charge in [0, 0.05) is 23.6 Å². The Bertz CT molecular complexity index is 765. The van der Waals surface area contributed by atoms with Gasteiger partial charge < -0.3 is 10.3 Å². The molecule has 0 saturated carbocycles. The number of hydrogen-bond acceptors (Lipinski definition) is 1. The van der Waals surface area contributed by atoms with Gasteiger partial charge >= 0.3 is 0 Å². The number of fused-ring (bicyclic) bond motifs is 1. The number of aromatic nitrogens is 1. The first-order chi connectivity index (χ1) is 10.2. The van der Waals surface area contributed by atoms with Crippen LogP contribution in [0.2, 0.25) is 0 Å². The highest BCUT2D eigenvalue weighted by atomic mass is 19.1. The zero-order valence-electron chi connectivity index (χ0n) is 11.4. The molecule has 0 saturated heterocycles. The van der Waals surface area contributed by atoms with E-state index in [0.29, 0.717) is 17.6 Å². The summed E-state index contributed by atoms with van der Waals surface area (Å²) in [6.45, 7) is 0.566. The number of aromatic amines is 1. The third-order valence-electron chi connectivity index (χ3n) is 3.43. The summed E-state index contributed by atoms with van der Waals surface area (Å²) in [4.78, 5) is 15.1. The minimum absolute atomic E-state index is 0.149. The van der Waals surface area contributed by atoms with E-state index in [-0.39, 0.29) is 11.7 Å². The van der Waals surface area contributed by atoms with Gasteiger partial charge in [0.05, 0.1) is 5.56 Å². The van der Waals surface area contributed by atoms with Gasteiger partial charge in [-0.25, -0.2) is 4.39 Å². The molecule has 1 heterocycles. The van der Waals surface area contributed by atoms with Crippen molar-refractivity contribution in [3.8, 4) is 0 Å². The number of amides is 1. The molecule has 1 amide bonds. The molecular weight excluding hydrogens is 267 g/mol. The second-order valence-electron chi connectivity index (χ2n) is 4.88. The molecule has 0 spiro atoms. The normalized spacial score (nSPS) is 10.7. The number of H-pyrrole nitrogens is 1.